The summed E-state index contributed by atoms with van der Waals surface area (Å²) in [5.41, 5.74) is 0.854. The SMILES string of the molecule is CCOC(=O)c1oc2ccccc2c1COC(=O)c1ccc([N+](=O)[O-])s1. The molecule has 1 aromatic carbocycles. The first-order chi connectivity index (χ1) is 12.5. The molecule has 0 unspecified atom stereocenters. The van der Waals surface area contributed by atoms with Crippen LogP contribution in [0.1, 0.15) is 32.7 Å². The van der Waals surface area contributed by atoms with Crippen LogP contribution >= 0.6 is 11.3 Å². The molecule has 0 aliphatic rings. The third-order valence-electron chi connectivity index (χ3n) is 3.48. The summed E-state index contributed by atoms with van der Waals surface area (Å²) in [7, 11) is 0. The number of nitrogens with zero attached hydrogens (tertiary/aromatic N) is 1. The van der Waals surface area contributed by atoms with Crippen LogP contribution in [0.25, 0.3) is 11.0 Å². The van der Waals surface area contributed by atoms with Crippen molar-refractivity contribution in [2.24, 2.45) is 0 Å². The molecule has 0 saturated heterocycles. The third kappa shape index (κ3) is 3.42. The molecule has 0 atom stereocenters. The summed E-state index contributed by atoms with van der Waals surface area (Å²) >= 11 is 0.720. The molecular formula is C17H13NO7S. The fourth-order valence-electron chi connectivity index (χ4n) is 2.35. The van der Waals surface area contributed by atoms with Gasteiger partial charge in [0.2, 0.25) is 5.76 Å². The standard InChI is InChI=1S/C17H13NO7S/c1-2-23-17(20)15-11(10-5-3-4-6-12(10)25-15)9-24-16(19)13-7-8-14(26-13)18(21)22/h3-8H,2,9H2,1H3. The van der Waals surface area contributed by atoms with Gasteiger partial charge < -0.3 is 13.9 Å². The Morgan fingerprint density at radius 1 is 1.15 bits per heavy atom. The van der Waals surface area contributed by atoms with E-state index in [0.717, 1.165) is 11.3 Å². The largest absolute Gasteiger partial charge is 0.460 e. The highest BCUT2D eigenvalue weighted by Gasteiger charge is 2.23. The van der Waals surface area contributed by atoms with Crippen LogP contribution in [-0.2, 0) is 16.1 Å². The Labute approximate surface area is 151 Å². The zero-order valence-corrected chi connectivity index (χ0v) is 14.4. The number of rotatable bonds is 6. The van der Waals surface area contributed by atoms with Crippen LogP contribution < -0.4 is 0 Å². The summed E-state index contributed by atoms with van der Waals surface area (Å²) in [6, 6.07) is 9.50. The number of ether oxygens (including phenoxy) is 2. The van der Waals surface area contributed by atoms with Crippen LogP contribution in [0.3, 0.4) is 0 Å². The van der Waals surface area contributed by atoms with E-state index in [2.05, 4.69) is 0 Å². The summed E-state index contributed by atoms with van der Waals surface area (Å²) in [5.74, 6) is -1.40. The molecule has 2 heterocycles. The van der Waals surface area contributed by atoms with Gasteiger partial charge in [-0.05, 0) is 19.1 Å². The minimum atomic E-state index is -0.719. The molecule has 0 fully saturated rings. The van der Waals surface area contributed by atoms with E-state index in [9.17, 15) is 19.7 Å². The lowest BCUT2D eigenvalue weighted by Crippen LogP contribution is -2.09. The molecule has 9 heteroatoms. The van der Waals surface area contributed by atoms with Gasteiger partial charge in [0.05, 0.1) is 17.1 Å². The monoisotopic (exact) mass is 375 g/mol. The molecule has 0 aliphatic heterocycles. The number of nitro groups is 1. The fraction of sp³-hybridized carbons (Fsp3) is 0.176. The molecule has 3 rings (SSSR count). The third-order valence-corrected chi connectivity index (χ3v) is 4.50. The lowest BCUT2D eigenvalue weighted by Gasteiger charge is -2.04. The second-order valence-electron chi connectivity index (χ2n) is 5.10. The highest BCUT2D eigenvalue weighted by Crippen LogP contribution is 2.29. The molecule has 26 heavy (non-hydrogen) atoms. The van der Waals surface area contributed by atoms with Crippen molar-refractivity contribution in [3.8, 4) is 0 Å². The molecule has 8 nitrogen and oxygen atoms in total. The van der Waals surface area contributed by atoms with Gasteiger partial charge in [0, 0.05) is 11.5 Å². The number of fused-ring (bicyclic) bond motifs is 1. The summed E-state index contributed by atoms with van der Waals surface area (Å²) < 4.78 is 15.7. The van der Waals surface area contributed by atoms with Crippen LogP contribution in [0, 0.1) is 10.1 Å². The number of para-hydroxylation sites is 1. The van der Waals surface area contributed by atoms with Gasteiger partial charge in [-0.3, -0.25) is 10.1 Å². The van der Waals surface area contributed by atoms with Gasteiger partial charge >= 0.3 is 16.9 Å². The second-order valence-corrected chi connectivity index (χ2v) is 6.16. The van der Waals surface area contributed by atoms with Crippen molar-refractivity contribution in [3.63, 3.8) is 0 Å². The molecule has 0 radical (unpaired) electrons. The predicted octanol–water partition coefficient (Wildman–Crippen LogP) is 3.94. The summed E-state index contributed by atoms with van der Waals surface area (Å²) in [4.78, 5) is 34.5. The van der Waals surface area contributed by atoms with E-state index in [-0.39, 0.29) is 28.9 Å². The van der Waals surface area contributed by atoms with Gasteiger partial charge in [-0.25, -0.2) is 9.59 Å². The van der Waals surface area contributed by atoms with Crippen LogP contribution in [0.2, 0.25) is 0 Å². The highest BCUT2D eigenvalue weighted by molar-refractivity contribution is 7.17. The van der Waals surface area contributed by atoms with Gasteiger partial charge in [0.15, 0.2) is 0 Å². The van der Waals surface area contributed by atoms with Crippen molar-refractivity contribution < 1.29 is 28.4 Å². The molecule has 0 amide bonds. The van der Waals surface area contributed by atoms with Crippen LogP contribution in [0.5, 0.6) is 0 Å². The first kappa shape index (κ1) is 17.6. The Kier molecular flexibility index (Phi) is 4.99. The number of hydrogen-bond acceptors (Lipinski definition) is 8. The number of furan rings is 1. The number of carbonyl (C=O) groups excluding carboxylic acids is 2. The zero-order chi connectivity index (χ0) is 18.7. The maximum Gasteiger partial charge on any atom is 0.374 e. The predicted molar refractivity (Wildman–Crippen MR) is 92.3 cm³/mol. The van der Waals surface area contributed by atoms with Gasteiger partial charge in [-0.1, -0.05) is 29.5 Å². The molecule has 0 saturated carbocycles. The second kappa shape index (κ2) is 7.36. The van der Waals surface area contributed by atoms with Gasteiger partial charge in [-0.2, -0.15) is 0 Å². The molecule has 0 spiro atoms. The quantitative estimate of drug-likeness (QED) is 0.365. The van der Waals surface area contributed by atoms with E-state index in [0.29, 0.717) is 16.5 Å². The molecule has 0 bridgehead atoms. The van der Waals surface area contributed by atoms with Crippen molar-refractivity contribution in [3.05, 3.63) is 62.7 Å². The fourth-order valence-corrected chi connectivity index (χ4v) is 3.06. The zero-order valence-electron chi connectivity index (χ0n) is 13.6. The van der Waals surface area contributed by atoms with Crippen LogP contribution in [0.15, 0.2) is 40.8 Å². The van der Waals surface area contributed by atoms with Crippen LogP contribution in [0.4, 0.5) is 5.00 Å². The highest BCUT2D eigenvalue weighted by atomic mass is 32.1. The Hall–Kier alpha value is -3.20. The van der Waals surface area contributed by atoms with Gasteiger partial charge in [-0.15, -0.1) is 0 Å². The number of carbonyl (C=O) groups is 2. The summed E-state index contributed by atoms with van der Waals surface area (Å²) in [5, 5.41) is 11.2. The topological polar surface area (TPSA) is 109 Å². The summed E-state index contributed by atoms with van der Waals surface area (Å²) in [6.45, 7) is 1.62. The lowest BCUT2D eigenvalue weighted by atomic mass is 10.1. The van der Waals surface area contributed by atoms with Crippen molar-refractivity contribution in [2.45, 2.75) is 13.5 Å². The van der Waals surface area contributed by atoms with E-state index in [1.165, 1.54) is 12.1 Å². The van der Waals surface area contributed by atoms with E-state index in [1.807, 2.05) is 0 Å². The minimum Gasteiger partial charge on any atom is -0.460 e. The first-order valence-corrected chi connectivity index (χ1v) is 8.41. The van der Waals surface area contributed by atoms with E-state index < -0.39 is 16.9 Å². The maximum atomic E-state index is 12.1. The molecule has 3 aromatic rings. The van der Waals surface area contributed by atoms with E-state index >= 15 is 0 Å². The Balaban J connectivity index is 1.85. The minimum absolute atomic E-state index is 0.0296. The van der Waals surface area contributed by atoms with Crippen LogP contribution in [-0.4, -0.2) is 23.5 Å². The Morgan fingerprint density at radius 2 is 1.92 bits per heavy atom. The molecule has 0 aliphatic carbocycles. The number of esters is 2. The number of benzene rings is 1. The van der Waals surface area contributed by atoms with Crippen molar-refractivity contribution in [1.29, 1.82) is 0 Å². The molecule has 0 N–H and O–H groups in total. The summed E-state index contributed by atoms with van der Waals surface area (Å²) in [6.07, 6.45) is 0. The van der Waals surface area contributed by atoms with Gasteiger partial charge in [0.25, 0.3) is 0 Å². The number of hydrogen-bond donors (Lipinski definition) is 0. The lowest BCUT2D eigenvalue weighted by molar-refractivity contribution is -0.380. The first-order valence-electron chi connectivity index (χ1n) is 7.60. The van der Waals surface area contributed by atoms with Gasteiger partial charge in [0.1, 0.15) is 17.1 Å². The van der Waals surface area contributed by atoms with Crippen molar-refractivity contribution in [2.75, 3.05) is 6.61 Å². The smallest absolute Gasteiger partial charge is 0.374 e. The maximum absolute atomic E-state index is 12.1. The number of thiophene rings is 1. The van der Waals surface area contributed by atoms with Crippen molar-refractivity contribution in [1.82, 2.24) is 0 Å². The Bertz CT molecular complexity index is 988. The van der Waals surface area contributed by atoms with E-state index in [4.69, 9.17) is 13.9 Å². The normalized spacial score (nSPS) is 10.7. The molecular weight excluding hydrogens is 362 g/mol. The van der Waals surface area contributed by atoms with E-state index in [1.54, 1.807) is 31.2 Å². The van der Waals surface area contributed by atoms with Crippen molar-refractivity contribution >= 4 is 39.2 Å². The average Bonchev–Trinajstić information content (AvgIpc) is 3.25. The Morgan fingerprint density at radius 3 is 2.62 bits per heavy atom. The molecule has 134 valence electrons. The molecule has 2 aromatic heterocycles. The average molecular weight is 375 g/mol.